The van der Waals surface area contributed by atoms with Crippen LogP contribution in [0.5, 0.6) is 5.75 Å². The Hall–Kier alpha value is -1.64. The average molecular weight is 451 g/mol. The van der Waals surface area contributed by atoms with E-state index in [9.17, 15) is 13.2 Å². The van der Waals surface area contributed by atoms with Gasteiger partial charge in [0.2, 0.25) is 15.9 Å². The largest absolute Gasteiger partial charge is 0.492 e. The van der Waals surface area contributed by atoms with Gasteiger partial charge in [0.05, 0.1) is 6.61 Å². The lowest BCUT2D eigenvalue weighted by Gasteiger charge is -2.45. The summed E-state index contributed by atoms with van der Waals surface area (Å²) in [7, 11) is -3.65. The van der Waals surface area contributed by atoms with Crippen LogP contribution in [-0.2, 0) is 19.6 Å². The molecule has 0 saturated carbocycles. The summed E-state index contributed by atoms with van der Waals surface area (Å²) in [5.41, 5.74) is -0.290. The van der Waals surface area contributed by atoms with Gasteiger partial charge in [-0.15, -0.1) is 0 Å². The summed E-state index contributed by atoms with van der Waals surface area (Å²) in [5.74, 6) is 0.925. The number of carbonyl (C=O) groups is 1. The number of para-hydroxylation sites is 1. The Bertz CT molecular complexity index is 887. The van der Waals surface area contributed by atoms with Crippen LogP contribution in [0, 0.1) is 17.3 Å². The molecular formula is C23H34N2O5S. The molecule has 31 heavy (non-hydrogen) atoms. The van der Waals surface area contributed by atoms with Crippen molar-refractivity contribution in [2.24, 2.45) is 17.3 Å². The van der Waals surface area contributed by atoms with Gasteiger partial charge in [0.25, 0.3) is 0 Å². The molecule has 3 heterocycles. The molecule has 0 bridgehead atoms. The fraction of sp³-hybridized carbons (Fsp3) is 0.696. The van der Waals surface area contributed by atoms with Gasteiger partial charge in [-0.25, -0.2) is 8.42 Å². The predicted molar refractivity (Wildman–Crippen MR) is 117 cm³/mol. The maximum atomic E-state index is 13.5. The Balaban J connectivity index is 1.54. The molecule has 0 aromatic heterocycles. The minimum atomic E-state index is -3.65. The van der Waals surface area contributed by atoms with Gasteiger partial charge in [0.1, 0.15) is 10.6 Å². The van der Waals surface area contributed by atoms with Crippen molar-refractivity contribution >= 4 is 15.9 Å². The summed E-state index contributed by atoms with van der Waals surface area (Å²) in [5, 5.41) is 0. The van der Waals surface area contributed by atoms with Crippen LogP contribution in [0.4, 0.5) is 0 Å². The van der Waals surface area contributed by atoms with Crippen LogP contribution in [0.25, 0.3) is 0 Å². The minimum absolute atomic E-state index is 0.0566. The van der Waals surface area contributed by atoms with Gasteiger partial charge in [0, 0.05) is 50.7 Å². The minimum Gasteiger partial charge on any atom is -0.492 e. The highest BCUT2D eigenvalue weighted by Crippen LogP contribution is 2.40. The van der Waals surface area contributed by atoms with E-state index in [0.717, 1.165) is 25.7 Å². The Kier molecular flexibility index (Phi) is 6.60. The highest BCUT2D eigenvalue weighted by molar-refractivity contribution is 7.89. The van der Waals surface area contributed by atoms with Crippen LogP contribution >= 0.6 is 0 Å². The Labute approximate surface area is 185 Å². The summed E-state index contributed by atoms with van der Waals surface area (Å²) in [6, 6.07) is 6.92. The third kappa shape index (κ3) is 4.76. The second kappa shape index (κ2) is 9.08. The van der Waals surface area contributed by atoms with Crippen molar-refractivity contribution in [3.8, 4) is 5.75 Å². The molecule has 7 nitrogen and oxygen atoms in total. The van der Waals surface area contributed by atoms with Crippen molar-refractivity contribution < 1.29 is 22.7 Å². The zero-order valence-corrected chi connectivity index (χ0v) is 19.4. The number of sulfonamides is 1. The topological polar surface area (TPSA) is 76.2 Å². The third-order valence-electron chi connectivity index (χ3n) is 6.79. The molecule has 4 rings (SSSR count). The predicted octanol–water partition coefficient (Wildman–Crippen LogP) is 2.76. The fourth-order valence-corrected chi connectivity index (χ4v) is 6.78. The first-order valence-electron chi connectivity index (χ1n) is 11.4. The van der Waals surface area contributed by atoms with Crippen LogP contribution in [-0.4, -0.2) is 69.5 Å². The number of carbonyl (C=O) groups excluding carboxylic acids is 1. The molecular weight excluding hydrogens is 416 g/mol. The molecule has 8 heteroatoms. The van der Waals surface area contributed by atoms with E-state index in [2.05, 4.69) is 0 Å². The van der Waals surface area contributed by atoms with Crippen molar-refractivity contribution in [1.82, 2.24) is 9.21 Å². The second-order valence-electron chi connectivity index (χ2n) is 9.64. The van der Waals surface area contributed by atoms with Gasteiger partial charge in [-0.05, 0) is 43.7 Å². The van der Waals surface area contributed by atoms with Crippen LogP contribution < -0.4 is 4.74 Å². The molecule has 0 N–H and O–H groups in total. The highest BCUT2D eigenvalue weighted by atomic mass is 32.2. The summed E-state index contributed by atoms with van der Waals surface area (Å²) in [6.07, 6.45) is 3.07. The number of rotatable bonds is 3. The van der Waals surface area contributed by atoms with Crippen molar-refractivity contribution in [2.75, 3.05) is 46.0 Å². The van der Waals surface area contributed by atoms with Crippen molar-refractivity contribution in [3.05, 3.63) is 24.3 Å². The number of benzene rings is 1. The molecule has 1 spiro atoms. The van der Waals surface area contributed by atoms with E-state index in [1.807, 2.05) is 24.8 Å². The van der Waals surface area contributed by atoms with E-state index < -0.39 is 10.0 Å². The van der Waals surface area contributed by atoms with Gasteiger partial charge in [-0.1, -0.05) is 26.0 Å². The highest BCUT2D eigenvalue weighted by Gasteiger charge is 2.44. The summed E-state index contributed by atoms with van der Waals surface area (Å²) in [6.45, 7) is 8.06. The average Bonchev–Trinajstić information content (AvgIpc) is 2.77. The first-order chi connectivity index (χ1) is 14.8. The number of piperidine rings is 1. The maximum Gasteiger partial charge on any atom is 0.246 e. The maximum absolute atomic E-state index is 13.5. The molecule has 3 aliphatic rings. The Morgan fingerprint density at radius 1 is 1.16 bits per heavy atom. The normalized spacial score (nSPS) is 24.3. The van der Waals surface area contributed by atoms with E-state index >= 15 is 0 Å². The van der Waals surface area contributed by atoms with E-state index in [1.54, 1.807) is 22.5 Å². The second-order valence-corrected chi connectivity index (χ2v) is 11.5. The summed E-state index contributed by atoms with van der Waals surface area (Å²) < 4.78 is 40.1. The van der Waals surface area contributed by atoms with Gasteiger partial charge < -0.3 is 14.4 Å². The van der Waals surface area contributed by atoms with E-state index in [-0.39, 0.29) is 28.1 Å². The van der Waals surface area contributed by atoms with E-state index in [1.165, 1.54) is 0 Å². The van der Waals surface area contributed by atoms with Gasteiger partial charge in [-0.3, -0.25) is 4.79 Å². The van der Waals surface area contributed by atoms with Gasteiger partial charge >= 0.3 is 0 Å². The molecule has 1 aromatic carbocycles. The van der Waals surface area contributed by atoms with Crippen molar-refractivity contribution in [3.63, 3.8) is 0 Å². The lowest BCUT2D eigenvalue weighted by molar-refractivity contribution is -0.141. The number of likely N-dealkylation sites (tertiary alicyclic amines) is 1. The van der Waals surface area contributed by atoms with Crippen molar-refractivity contribution in [2.45, 2.75) is 44.4 Å². The van der Waals surface area contributed by atoms with Crippen LogP contribution in [0.15, 0.2) is 29.2 Å². The quantitative estimate of drug-likeness (QED) is 0.708. The number of hydrogen-bond acceptors (Lipinski definition) is 5. The molecule has 2 fully saturated rings. The van der Waals surface area contributed by atoms with Gasteiger partial charge in [0.15, 0.2) is 0 Å². The summed E-state index contributed by atoms with van der Waals surface area (Å²) in [4.78, 5) is 15.2. The number of hydrogen-bond donors (Lipinski definition) is 0. The smallest absolute Gasteiger partial charge is 0.246 e. The van der Waals surface area contributed by atoms with Gasteiger partial charge in [-0.2, -0.15) is 4.31 Å². The molecule has 2 saturated heterocycles. The van der Waals surface area contributed by atoms with Crippen LogP contribution in [0.1, 0.15) is 39.5 Å². The number of fused-ring (bicyclic) bond motifs is 1. The first-order valence-corrected chi connectivity index (χ1v) is 12.8. The zero-order chi connectivity index (χ0) is 22.1. The van der Waals surface area contributed by atoms with E-state index in [4.69, 9.17) is 9.47 Å². The molecule has 0 unspecified atom stereocenters. The lowest BCUT2D eigenvalue weighted by Crippen LogP contribution is -2.53. The molecule has 1 amide bonds. The molecule has 172 valence electrons. The number of nitrogens with zero attached hydrogens (tertiary/aromatic N) is 2. The third-order valence-corrected chi connectivity index (χ3v) is 8.64. The Morgan fingerprint density at radius 2 is 1.84 bits per heavy atom. The molecule has 0 aliphatic carbocycles. The standard InChI is InChI=1S/C23H34N2O5S/c1-18(2)15-25-16-23(17-30-20-5-3-4-6-21(20)31(25,27)28)9-11-24(12-10-23)22(26)19-7-13-29-14-8-19/h3-6,18-19H,7-17H2,1-2H3. The van der Waals surface area contributed by atoms with Crippen LogP contribution in [0.3, 0.4) is 0 Å². The van der Waals surface area contributed by atoms with E-state index in [0.29, 0.717) is 51.7 Å². The Morgan fingerprint density at radius 3 is 2.52 bits per heavy atom. The molecule has 3 aliphatic heterocycles. The van der Waals surface area contributed by atoms with Crippen molar-refractivity contribution in [1.29, 1.82) is 0 Å². The monoisotopic (exact) mass is 450 g/mol. The van der Waals surface area contributed by atoms with Crippen LogP contribution in [0.2, 0.25) is 0 Å². The number of amides is 1. The summed E-state index contributed by atoms with van der Waals surface area (Å²) >= 11 is 0. The molecule has 1 aromatic rings. The fourth-order valence-electron chi connectivity index (χ4n) is 4.93. The lowest BCUT2D eigenvalue weighted by atomic mass is 9.78. The number of ether oxygens (including phenoxy) is 2. The SMILES string of the molecule is CC(C)CN1CC2(CCN(C(=O)C3CCOCC3)CC2)COc2ccccc2S1(=O)=O. The first kappa shape index (κ1) is 22.6. The molecule has 0 atom stereocenters. The zero-order valence-electron chi connectivity index (χ0n) is 18.6. The molecule has 0 radical (unpaired) electrons.